The molecule has 0 spiro atoms. The summed E-state index contributed by atoms with van der Waals surface area (Å²) in [6.45, 7) is 0. The predicted octanol–water partition coefficient (Wildman–Crippen LogP) is 4.29. The fourth-order valence-corrected chi connectivity index (χ4v) is 2.55. The van der Waals surface area contributed by atoms with Crippen molar-refractivity contribution in [2.45, 2.75) is 0 Å². The van der Waals surface area contributed by atoms with Gasteiger partial charge in [0.25, 0.3) is 5.91 Å². The van der Waals surface area contributed by atoms with Crippen LogP contribution >= 0.6 is 23.2 Å². The molecule has 2 N–H and O–H groups in total. The molecular weight excluding hydrogens is 366 g/mol. The van der Waals surface area contributed by atoms with Crippen molar-refractivity contribution in [1.29, 1.82) is 0 Å². The number of hydrazone groups is 1. The van der Waals surface area contributed by atoms with E-state index in [-0.39, 0.29) is 11.5 Å². The van der Waals surface area contributed by atoms with Gasteiger partial charge in [0.05, 0.1) is 22.0 Å². The van der Waals surface area contributed by atoms with Gasteiger partial charge in [-0.05, 0) is 42.5 Å². The second kappa shape index (κ2) is 7.46. The molecule has 1 amide bonds. The number of aromatic amines is 1. The maximum atomic E-state index is 12.9. The highest BCUT2D eigenvalue weighted by molar-refractivity contribution is 6.38. The van der Waals surface area contributed by atoms with Gasteiger partial charge in [0.15, 0.2) is 0 Å². The molecule has 0 unspecified atom stereocenters. The average Bonchev–Trinajstić information content (AvgIpc) is 3.08. The van der Waals surface area contributed by atoms with Gasteiger partial charge in [-0.25, -0.2) is 9.82 Å². The molecule has 0 aliphatic carbocycles. The smallest absolute Gasteiger partial charge is 0.272 e. The Labute approximate surface area is 152 Å². The number of nitrogens with one attached hydrogen (secondary N) is 2. The van der Waals surface area contributed by atoms with Crippen molar-refractivity contribution in [3.05, 3.63) is 75.7 Å². The van der Waals surface area contributed by atoms with Crippen LogP contribution in [-0.2, 0) is 0 Å². The molecule has 3 aromatic rings. The summed E-state index contributed by atoms with van der Waals surface area (Å²) in [7, 11) is 0. The third-order valence-corrected chi connectivity index (χ3v) is 3.98. The third-order valence-electron chi connectivity index (χ3n) is 3.32. The molecule has 1 heterocycles. The van der Waals surface area contributed by atoms with Crippen molar-refractivity contribution in [2.24, 2.45) is 5.10 Å². The van der Waals surface area contributed by atoms with Gasteiger partial charge in [0, 0.05) is 11.1 Å². The minimum atomic E-state index is -0.486. The van der Waals surface area contributed by atoms with Crippen LogP contribution < -0.4 is 5.43 Å². The Bertz CT molecular complexity index is 918. The van der Waals surface area contributed by atoms with Gasteiger partial charge in [0.2, 0.25) is 0 Å². The summed E-state index contributed by atoms with van der Waals surface area (Å²) in [4.78, 5) is 12.1. The Morgan fingerprint density at radius 3 is 2.52 bits per heavy atom. The highest BCUT2D eigenvalue weighted by atomic mass is 35.5. The van der Waals surface area contributed by atoms with Gasteiger partial charge in [-0.3, -0.25) is 9.89 Å². The number of hydrogen-bond donors (Lipinski definition) is 2. The molecule has 0 atom stereocenters. The number of hydrogen-bond acceptors (Lipinski definition) is 3. The summed E-state index contributed by atoms with van der Waals surface area (Å²) >= 11 is 12.0. The maximum Gasteiger partial charge on any atom is 0.289 e. The topological polar surface area (TPSA) is 70.1 Å². The molecule has 8 heteroatoms. The summed E-state index contributed by atoms with van der Waals surface area (Å²) in [6.07, 6.45) is 1.36. The minimum Gasteiger partial charge on any atom is -0.272 e. The number of carbonyl (C=O) groups is 1. The number of carbonyl (C=O) groups excluding carboxylic acids is 1. The van der Waals surface area contributed by atoms with E-state index in [1.807, 2.05) is 0 Å². The highest BCUT2D eigenvalue weighted by Gasteiger charge is 2.10. The Morgan fingerprint density at radius 2 is 1.84 bits per heavy atom. The summed E-state index contributed by atoms with van der Waals surface area (Å²) in [6, 6.07) is 12.4. The van der Waals surface area contributed by atoms with Crippen LogP contribution in [0.4, 0.5) is 4.39 Å². The first-order valence-corrected chi connectivity index (χ1v) is 7.89. The largest absolute Gasteiger partial charge is 0.289 e. The normalized spacial score (nSPS) is 11.0. The number of H-pyrrole nitrogens is 1. The maximum absolute atomic E-state index is 12.9. The number of benzene rings is 2. The Morgan fingerprint density at radius 1 is 1.16 bits per heavy atom. The van der Waals surface area contributed by atoms with Gasteiger partial charge in [-0.1, -0.05) is 29.3 Å². The standard InChI is InChI=1S/C17H11Cl2FN4O/c18-13-2-1-3-14(19)12(13)9-21-24-17(25)16-8-15(22-23-16)10-4-6-11(20)7-5-10/h1-9H,(H,22,23)(H,24,25)/b21-9-. The average molecular weight is 377 g/mol. The van der Waals surface area contributed by atoms with E-state index >= 15 is 0 Å². The first kappa shape index (κ1) is 17.1. The number of halogens is 3. The van der Waals surface area contributed by atoms with E-state index in [2.05, 4.69) is 20.7 Å². The molecule has 0 radical (unpaired) electrons. The zero-order chi connectivity index (χ0) is 17.8. The second-order valence-corrected chi connectivity index (χ2v) is 5.82. The number of aromatic nitrogens is 2. The van der Waals surface area contributed by atoms with Crippen molar-refractivity contribution in [2.75, 3.05) is 0 Å². The van der Waals surface area contributed by atoms with Crippen LogP contribution in [0.3, 0.4) is 0 Å². The predicted molar refractivity (Wildman–Crippen MR) is 95.5 cm³/mol. The molecular formula is C17H11Cl2FN4O. The van der Waals surface area contributed by atoms with E-state index in [1.165, 1.54) is 18.3 Å². The van der Waals surface area contributed by atoms with Gasteiger partial charge >= 0.3 is 0 Å². The Hall–Kier alpha value is -2.70. The van der Waals surface area contributed by atoms with Crippen LogP contribution in [0.15, 0.2) is 53.6 Å². The van der Waals surface area contributed by atoms with Crippen LogP contribution in [0, 0.1) is 5.82 Å². The van der Waals surface area contributed by atoms with Gasteiger partial charge in [-0.2, -0.15) is 10.2 Å². The van der Waals surface area contributed by atoms with Crippen molar-refractivity contribution in [1.82, 2.24) is 15.6 Å². The molecule has 25 heavy (non-hydrogen) atoms. The van der Waals surface area contributed by atoms with Crippen LogP contribution in [0.25, 0.3) is 11.3 Å². The van der Waals surface area contributed by atoms with Crippen molar-refractivity contribution >= 4 is 35.3 Å². The lowest BCUT2D eigenvalue weighted by atomic mass is 10.1. The quantitative estimate of drug-likeness (QED) is 0.526. The zero-order valence-corrected chi connectivity index (χ0v) is 14.1. The van der Waals surface area contributed by atoms with E-state index in [9.17, 15) is 9.18 Å². The van der Waals surface area contributed by atoms with E-state index in [1.54, 1.807) is 36.4 Å². The summed E-state index contributed by atoms with van der Waals surface area (Å²) in [5.41, 5.74) is 4.27. The first-order chi connectivity index (χ1) is 12.0. The monoisotopic (exact) mass is 376 g/mol. The number of nitrogens with zero attached hydrogens (tertiary/aromatic N) is 2. The molecule has 1 aromatic heterocycles. The molecule has 0 aliphatic heterocycles. The van der Waals surface area contributed by atoms with E-state index in [4.69, 9.17) is 23.2 Å². The van der Waals surface area contributed by atoms with Gasteiger partial charge in [-0.15, -0.1) is 0 Å². The molecule has 0 fully saturated rings. The third kappa shape index (κ3) is 4.04. The molecule has 0 saturated heterocycles. The van der Waals surface area contributed by atoms with E-state index < -0.39 is 5.91 Å². The van der Waals surface area contributed by atoms with Crippen LogP contribution in [0.1, 0.15) is 16.1 Å². The highest BCUT2D eigenvalue weighted by Crippen LogP contribution is 2.22. The Balaban J connectivity index is 1.70. The fraction of sp³-hybridized carbons (Fsp3) is 0. The minimum absolute atomic E-state index is 0.210. The summed E-state index contributed by atoms with van der Waals surface area (Å²) < 4.78 is 12.9. The van der Waals surface area contributed by atoms with Crippen LogP contribution in [-0.4, -0.2) is 22.3 Å². The summed E-state index contributed by atoms with van der Waals surface area (Å²) in [5, 5.41) is 11.3. The molecule has 0 bridgehead atoms. The zero-order valence-electron chi connectivity index (χ0n) is 12.6. The first-order valence-electron chi connectivity index (χ1n) is 7.13. The van der Waals surface area contributed by atoms with E-state index in [0.717, 1.165) is 0 Å². The van der Waals surface area contributed by atoms with Crippen molar-refractivity contribution in [3.8, 4) is 11.3 Å². The molecule has 0 aliphatic rings. The Kier molecular flexibility index (Phi) is 5.11. The molecule has 3 rings (SSSR count). The van der Waals surface area contributed by atoms with Gasteiger partial charge in [0.1, 0.15) is 11.5 Å². The number of amides is 1. The van der Waals surface area contributed by atoms with Crippen LogP contribution in [0.2, 0.25) is 10.0 Å². The molecule has 0 saturated carbocycles. The van der Waals surface area contributed by atoms with Crippen molar-refractivity contribution in [3.63, 3.8) is 0 Å². The van der Waals surface area contributed by atoms with Gasteiger partial charge < -0.3 is 0 Å². The van der Waals surface area contributed by atoms with E-state index in [0.29, 0.717) is 26.9 Å². The molecule has 5 nitrogen and oxygen atoms in total. The second-order valence-electron chi connectivity index (χ2n) is 5.01. The lowest BCUT2D eigenvalue weighted by Gasteiger charge is -2.00. The lowest BCUT2D eigenvalue weighted by molar-refractivity contribution is 0.0950. The number of rotatable bonds is 4. The van der Waals surface area contributed by atoms with Crippen molar-refractivity contribution < 1.29 is 9.18 Å². The summed E-state index contributed by atoms with van der Waals surface area (Å²) in [5.74, 6) is -0.829. The fourth-order valence-electron chi connectivity index (χ4n) is 2.06. The SMILES string of the molecule is O=C(N/N=C\c1c(Cl)cccc1Cl)c1cc(-c2ccc(F)cc2)n[nH]1. The van der Waals surface area contributed by atoms with Crippen LogP contribution in [0.5, 0.6) is 0 Å². The molecule has 2 aromatic carbocycles. The molecule has 126 valence electrons. The lowest BCUT2D eigenvalue weighted by Crippen LogP contribution is -2.18.